The van der Waals surface area contributed by atoms with Gasteiger partial charge in [-0.15, -0.1) is 28.1 Å². The third kappa shape index (κ3) is 6.64. The number of hydrogen-bond acceptors (Lipinski definition) is 7. The number of amides is 1. The fraction of sp³-hybridized carbons (Fsp3) is 0.226. The molecule has 0 aliphatic heterocycles. The van der Waals surface area contributed by atoms with Gasteiger partial charge in [0.2, 0.25) is 5.91 Å². The molecule has 1 atom stereocenters. The van der Waals surface area contributed by atoms with E-state index in [0.717, 1.165) is 42.6 Å². The first-order chi connectivity index (χ1) is 19.7. The van der Waals surface area contributed by atoms with Crippen LogP contribution in [0.1, 0.15) is 35.5 Å². The first-order valence-electron chi connectivity index (χ1n) is 13.1. The number of nitrogens with one attached hydrogen (secondary N) is 1. The quantitative estimate of drug-likeness (QED) is 0.128. The van der Waals surface area contributed by atoms with E-state index in [4.69, 9.17) is 21.3 Å². The molecule has 0 aliphatic rings. The number of fused-ring (bicyclic) bond motifs is 1. The molecule has 3 aromatic carbocycles. The van der Waals surface area contributed by atoms with Gasteiger partial charge in [-0.05, 0) is 92.9 Å². The summed E-state index contributed by atoms with van der Waals surface area (Å²) in [5.74, 6) is 1.41. The molecule has 1 N–H and O–H groups in total. The fourth-order valence-electron chi connectivity index (χ4n) is 4.42. The first-order valence-corrected chi connectivity index (χ1v) is 15.3. The van der Waals surface area contributed by atoms with Crippen LogP contribution < -0.4 is 10.1 Å². The van der Waals surface area contributed by atoms with Crippen molar-refractivity contribution in [1.29, 1.82) is 0 Å². The molecular weight excluding hydrogens is 574 g/mol. The van der Waals surface area contributed by atoms with E-state index >= 15 is 0 Å². The van der Waals surface area contributed by atoms with E-state index in [2.05, 4.69) is 41.1 Å². The zero-order chi connectivity index (χ0) is 29.1. The van der Waals surface area contributed by atoms with E-state index in [1.54, 1.807) is 17.4 Å². The smallest absolute Gasteiger partial charge is 0.234 e. The Kier molecular flexibility index (Phi) is 8.77. The van der Waals surface area contributed by atoms with Gasteiger partial charge in [-0.1, -0.05) is 35.5 Å². The van der Waals surface area contributed by atoms with Gasteiger partial charge >= 0.3 is 0 Å². The zero-order valence-corrected chi connectivity index (χ0v) is 25.7. The molecule has 2 aromatic heterocycles. The number of nitrogens with zero attached hydrogens (tertiary/aromatic N) is 4. The van der Waals surface area contributed by atoms with Gasteiger partial charge in [-0.2, -0.15) is 0 Å². The van der Waals surface area contributed by atoms with Crippen molar-refractivity contribution in [2.75, 3.05) is 11.1 Å². The van der Waals surface area contributed by atoms with Gasteiger partial charge in [0.1, 0.15) is 10.8 Å². The normalized spacial score (nSPS) is 11.9. The lowest BCUT2D eigenvalue weighted by Crippen LogP contribution is -2.15. The molecule has 0 radical (unpaired) electrons. The molecule has 5 rings (SSSR count). The number of allylic oxidation sites excluding steroid dienone is 1. The Balaban J connectivity index is 1.21. The van der Waals surface area contributed by atoms with Crippen molar-refractivity contribution >= 4 is 56.5 Å². The summed E-state index contributed by atoms with van der Waals surface area (Å²) in [5, 5.41) is 14.0. The maximum Gasteiger partial charge on any atom is 0.234 e. The topological polar surface area (TPSA) is 81.9 Å². The number of thioether (sulfide) groups is 1. The minimum absolute atomic E-state index is 0.135. The van der Waals surface area contributed by atoms with E-state index in [1.807, 2.05) is 67.8 Å². The van der Waals surface area contributed by atoms with E-state index in [0.29, 0.717) is 23.3 Å². The third-order valence-corrected chi connectivity index (χ3v) is 9.07. The van der Waals surface area contributed by atoms with Gasteiger partial charge in [0.25, 0.3) is 0 Å². The summed E-state index contributed by atoms with van der Waals surface area (Å²) in [4.78, 5) is 17.5. The molecule has 10 heteroatoms. The number of aryl methyl sites for hydroxylation is 3. The van der Waals surface area contributed by atoms with Gasteiger partial charge in [-0.25, -0.2) is 4.98 Å². The Morgan fingerprint density at radius 2 is 1.85 bits per heavy atom. The Bertz CT molecular complexity index is 1710. The highest BCUT2D eigenvalue weighted by Gasteiger charge is 2.20. The van der Waals surface area contributed by atoms with Gasteiger partial charge in [-0.3, -0.25) is 9.36 Å². The zero-order valence-electron chi connectivity index (χ0n) is 23.3. The molecule has 0 spiro atoms. The second-order valence-electron chi connectivity index (χ2n) is 9.78. The molecule has 210 valence electrons. The summed E-state index contributed by atoms with van der Waals surface area (Å²) < 4.78 is 9.26. The van der Waals surface area contributed by atoms with E-state index in [9.17, 15) is 4.79 Å². The maximum absolute atomic E-state index is 12.8. The van der Waals surface area contributed by atoms with Crippen LogP contribution in [0.25, 0.3) is 20.8 Å². The van der Waals surface area contributed by atoms with Crippen LogP contribution in [0.2, 0.25) is 5.02 Å². The first kappa shape index (κ1) is 28.9. The SMILES string of the molecule is C=CCn1c(SCC(=O)Nc2ccc(-c3nc4ccc(C)cc4s3)cc2)nnc1C(C)Oc1cc(C)c(Cl)c(C)c1. The summed E-state index contributed by atoms with van der Waals surface area (Å²) in [5.41, 5.74) is 5.85. The van der Waals surface area contributed by atoms with Crippen LogP contribution in [0.5, 0.6) is 5.75 Å². The highest BCUT2D eigenvalue weighted by atomic mass is 35.5. The second-order valence-corrected chi connectivity index (χ2v) is 12.1. The van der Waals surface area contributed by atoms with Crippen LogP contribution in [0, 0.1) is 20.8 Å². The number of rotatable bonds is 10. The molecule has 0 saturated carbocycles. The predicted octanol–water partition coefficient (Wildman–Crippen LogP) is 8.19. The molecule has 1 unspecified atom stereocenters. The van der Waals surface area contributed by atoms with Crippen molar-refractivity contribution in [1.82, 2.24) is 19.7 Å². The minimum Gasteiger partial charge on any atom is -0.483 e. The lowest BCUT2D eigenvalue weighted by atomic mass is 10.1. The monoisotopic (exact) mass is 603 g/mol. The van der Waals surface area contributed by atoms with Crippen molar-refractivity contribution in [3.8, 4) is 16.3 Å². The molecule has 2 heterocycles. The number of anilines is 1. The molecule has 5 aromatic rings. The molecule has 0 bridgehead atoms. The molecule has 7 nitrogen and oxygen atoms in total. The van der Waals surface area contributed by atoms with Gasteiger partial charge in [0.15, 0.2) is 17.1 Å². The van der Waals surface area contributed by atoms with Crippen molar-refractivity contribution in [3.63, 3.8) is 0 Å². The van der Waals surface area contributed by atoms with Crippen LogP contribution in [0.15, 0.2) is 72.4 Å². The molecule has 1 amide bonds. The standard InChI is InChI=1S/C31H30ClN5O2S2/c1-6-13-37-29(21(5)39-24-15-19(3)28(32)20(4)16-24)35-36-31(37)40-17-27(38)33-23-10-8-22(9-11-23)30-34-25-12-7-18(2)14-26(25)41-30/h6-12,14-16,21H,1,13,17H2,2-5H3,(H,33,38). The van der Waals surface area contributed by atoms with Gasteiger partial charge < -0.3 is 10.1 Å². The summed E-state index contributed by atoms with van der Waals surface area (Å²) in [6.45, 7) is 12.3. The lowest BCUT2D eigenvalue weighted by molar-refractivity contribution is -0.113. The molecule has 0 aliphatic carbocycles. The predicted molar refractivity (Wildman–Crippen MR) is 169 cm³/mol. The molecule has 41 heavy (non-hydrogen) atoms. The number of carbonyl (C=O) groups excluding carboxylic acids is 1. The van der Waals surface area contributed by atoms with Crippen LogP contribution in [0.4, 0.5) is 5.69 Å². The molecular formula is C31H30ClN5O2S2. The average Bonchev–Trinajstić information content (AvgIpc) is 3.55. The van der Waals surface area contributed by atoms with Gasteiger partial charge in [0.05, 0.1) is 16.0 Å². The van der Waals surface area contributed by atoms with Crippen molar-refractivity contribution in [2.45, 2.75) is 45.5 Å². The highest BCUT2D eigenvalue weighted by molar-refractivity contribution is 7.99. The van der Waals surface area contributed by atoms with Crippen LogP contribution in [-0.4, -0.2) is 31.4 Å². The van der Waals surface area contributed by atoms with E-state index in [1.165, 1.54) is 17.3 Å². The summed E-state index contributed by atoms with van der Waals surface area (Å²) in [6.07, 6.45) is 1.40. The lowest BCUT2D eigenvalue weighted by Gasteiger charge is -2.17. The van der Waals surface area contributed by atoms with Crippen LogP contribution in [0.3, 0.4) is 0 Å². The summed E-state index contributed by atoms with van der Waals surface area (Å²) in [6, 6.07) is 17.8. The number of benzene rings is 3. The number of ether oxygens (including phenoxy) is 1. The molecule has 0 saturated heterocycles. The Morgan fingerprint density at radius 3 is 2.56 bits per heavy atom. The average molecular weight is 604 g/mol. The number of aromatic nitrogens is 4. The summed E-state index contributed by atoms with van der Waals surface area (Å²) >= 11 is 9.28. The maximum atomic E-state index is 12.8. The Morgan fingerprint density at radius 1 is 1.12 bits per heavy atom. The van der Waals surface area contributed by atoms with Crippen molar-refractivity contribution in [2.24, 2.45) is 0 Å². The van der Waals surface area contributed by atoms with Crippen LogP contribution in [-0.2, 0) is 11.3 Å². The second kappa shape index (κ2) is 12.5. The Hall–Kier alpha value is -3.66. The number of hydrogen-bond donors (Lipinski definition) is 1. The van der Waals surface area contributed by atoms with Crippen LogP contribution >= 0.6 is 34.7 Å². The minimum atomic E-state index is -0.372. The summed E-state index contributed by atoms with van der Waals surface area (Å²) in [7, 11) is 0. The number of carbonyl (C=O) groups is 1. The van der Waals surface area contributed by atoms with E-state index < -0.39 is 0 Å². The third-order valence-electron chi connectivity index (χ3n) is 6.44. The van der Waals surface area contributed by atoms with E-state index in [-0.39, 0.29) is 17.8 Å². The highest BCUT2D eigenvalue weighted by Crippen LogP contribution is 2.32. The number of halogens is 1. The number of thiazole rings is 1. The van der Waals surface area contributed by atoms with Crippen molar-refractivity contribution in [3.05, 3.63) is 94.8 Å². The fourth-order valence-corrected chi connectivity index (χ4v) is 6.35. The molecule has 0 fully saturated rings. The Labute approximate surface area is 252 Å². The van der Waals surface area contributed by atoms with Gasteiger partial charge in [0, 0.05) is 22.8 Å². The largest absolute Gasteiger partial charge is 0.483 e. The van der Waals surface area contributed by atoms with Crippen molar-refractivity contribution < 1.29 is 9.53 Å².